The van der Waals surface area contributed by atoms with Crippen molar-refractivity contribution >= 4 is 40.1 Å². The SMILES string of the molecule is CSC(=O)Cc1cc(NC(C)=O)c(F)cc1Cl. The van der Waals surface area contributed by atoms with Gasteiger partial charge in [0, 0.05) is 18.4 Å². The van der Waals surface area contributed by atoms with E-state index in [0.29, 0.717) is 5.56 Å². The van der Waals surface area contributed by atoms with Gasteiger partial charge in [0.1, 0.15) is 5.82 Å². The van der Waals surface area contributed by atoms with Gasteiger partial charge in [0.2, 0.25) is 5.91 Å². The molecule has 0 bridgehead atoms. The summed E-state index contributed by atoms with van der Waals surface area (Å²) in [6.45, 7) is 1.28. The number of carbonyl (C=O) groups excluding carboxylic acids is 2. The van der Waals surface area contributed by atoms with Crippen molar-refractivity contribution in [2.24, 2.45) is 0 Å². The van der Waals surface area contributed by atoms with Gasteiger partial charge in [-0.25, -0.2) is 4.39 Å². The molecule has 0 aliphatic carbocycles. The zero-order chi connectivity index (χ0) is 13.0. The van der Waals surface area contributed by atoms with Crippen LogP contribution in [-0.4, -0.2) is 17.3 Å². The predicted octanol–water partition coefficient (Wildman–Crippen LogP) is 2.87. The molecule has 0 aromatic heterocycles. The van der Waals surface area contributed by atoms with E-state index in [1.54, 1.807) is 6.26 Å². The molecule has 1 N–H and O–H groups in total. The number of benzene rings is 1. The second-order valence-electron chi connectivity index (χ2n) is 3.36. The van der Waals surface area contributed by atoms with E-state index >= 15 is 0 Å². The van der Waals surface area contributed by atoms with Crippen molar-refractivity contribution in [3.8, 4) is 0 Å². The third-order valence-corrected chi connectivity index (χ3v) is 2.96. The minimum Gasteiger partial charge on any atom is -0.324 e. The van der Waals surface area contributed by atoms with Crippen LogP contribution in [0.25, 0.3) is 0 Å². The van der Waals surface area contributed by atoms with Gasteiger partial charge < -0.3 is 5.32 Å². The van der Waals surface area contributed by atoms with Gasteiger partial charge in [-0.1, -0.05) is 23.4 Å². The summed E-state index contributed by atoms with van der Waals surface area (Å²) in [4.78, 5) is 22.1. The molecule has 17 heavy (non-hydrogen) atoms. The number of carbonyl (C=O) groups is 2. The van der Waals surface area contributed by atoms with Crippen molar-refractivity contribution in [3.05, 3.63) is 28.5 Å². The van der Waals surface area contributed by atoms with Crippen LogP contribution >= 0.6 is 23.4 Å². The van der Waals surface area contributed by atoms with E-state index in [1.165, 1.54) is 13.0 Å². The Morgan fingerprint density at radius 3 is 2.65 bits per heavy atom. The maximum atomic E-state index is 13.4. The van der Waals surface area contributed by atoms with Crippen LogP contribution in [0.1, 0.15) is 12.5 Å². The highest BCUT2D eigenvalue weighted by Gasteiger charge is 2.12. The molecule has 6 heteroatoms. The van der Waals surface area contributed by atoms with Crippen molar-refractivity contribution in [2.45, 2.75) is 13.3 Å². The van der Waals surface area contributed by atoms with Crippen molar-refractivity contribution < 1.29 is 14.0 Å². The first kappa shape index (κ1) is 14.0. The van der Waals surface area contributed by atoms with Crippen LogP contribution in [0.2, 0.25) is 5.02 Å². The molecule has 0 atom stereocenters. The standard InChI is InChI=1S/C11H11ClFNO2S/c1-6(15)14-10-3-7(4-11(16)17-2)8(12)5-9(10)13/h3,5H,4H2,1-2H3,(H,14,15). The molecule has 0 unspecified atom stereocenters. The first-order chi connectivity index (χ1) is 7.93. The molecule has 0 saturated carbocycles. The molecule has 3 nitrogen and oxygen atoms in total. The second kappa shape index (κ2) is 6.02. The normalized spacial score (nSPS) is 10.1. The maximum Gasteiger partial charge on any atom is 0.221 e. The van der Waals surface area contributed by atoms with Crippen molar-refractivity contribution in [1.82, 2.24) is 0 Å². The van der Waals surface area contributed by atoms with Crippen LogP contribution in [0.4, 0.5) is 10.1 Å². The first-order valence-electron chi connectivity index (χ1n) is 4.76. The summed E-state index contributed by atoms with van der Waals surface area (Å²) in [6.07, 6.45) is 1.77. The lowest BCUT2D eigenvalue weighted by molar-refractivity contribution is -0.114. The monoisotopic (exact) mass is 275 g/mol. The van der Waals surface area contributed by atoms with Crippen LogP contribution in [0.15, 0.2) is 12.1 Å². The van der Waals surface area contributed by atoms with Crippen molar-refractivity contribution in [1.29, 1.82) is 0 Å². The lowest BCUT2D eigenvalue weighted by Gasteiger charge is -2.08. The van der Waals surface area contributed by atoms with Gasteiger partial charge in [-0.3, -0.25) is 9.59 Å². The summed E-state index contributed by atoms with van der Waals surface area (Å²) in [6, 6.07) is 2.48. The van der Waals surface area contributed by atoms with Gasteiger partial charge in [0.05, 0.1) is 5.69 Å². The Labute approximate surface area is 108 Å². The molecule has 0 radical (unpaired) electrons. The Kier molecular flexibility index (Phi) is 4.96. The molecule has 92 valence electrons. The van der Waals surface area contributed by atoms with Crippen LogP contribution in [0, 0.1) is 5.82 Å². The highest BCUT2D eigenvalue weighted by molar-refractivity contribution is 8.13. The zero-order valence-electron chi connectivity index (χ0n) is 9.34. The van der Waals surface area contributed by atoms with E-state index < -0.39 is 5.82 Å². The van der Waals surface area contributed by atoms with Crippen LogP contribution in [0.5, 0.6) is 0 Å². The molecule has 0 fully saturated rings. The summed E-state index contributed by atoms with van der Waals surface area (Å²) < 4.78 is 13.4. The molecule has 0 saturated heterocycles. The molecule has 1 aromatic carbocycles. The molecule has 0 heterocycles. The lowest BCUT2D eigenvalue weighted by atomic mass is 10.1. The molecule has 0 aliphatic rings. The summed E-state index contributed by atoms with van der Waals surface area (Å²) >= 11 is 6.90. The van der Waals surface area contributed by atoms with Gasteiger partial charge in [0.15, 0.2) is 5.12 Å². The Hall–Kier alpha value is -1.07. The quantitative estimate of drug-likeness (QED) is 0.923. The molecule has 1 amide bonds. The summed E-state index contributed by atoms with van der Waals surface area (Å²) in [5, 5.41) is 2.44. The van der Waals surface area contributed by atoms with E-state index in [1.807, 2.05) is 0 Å². The number of nitrogens with one attached hydrogen (secondary N) is 1. The average molecular weight is 276 g/mol. The van der Waals surface area contributed by atoms with E-state index in [-0.39, 0.29) is 28.2 Å². The van der Waals surface area contributed by atoms with Crippen molar-refractivity contribution in [2.75, 3.05) is 11.6 Å². The number of halogens is 2. The number of amides is 1. The highest BCUT2D eigenvalue weighted by atomic mass is 35.5. The van der Waals surface area contributed by atoms with Crippen LogP contribution < -0.4 is 5.32 Å². The summed E-state index contributed by atoms with van der Waals surface area (Å²) in [5.41, 5.74) is 0.530. The number of hydrogen-bond donors (Lipinski definition) is 1. The van der Waals surface area contributed by atoms with Gasteiger partial charge in [-0.05, 0) is 24.0 Å². The number of thioether (sulfide) groups is 1. The minimum absolute atomic E-state index is 0.0332. The number of hydrogen-bond acceptors (Lipinski definition) is 3. The zero-order valence-corrected chi connectivity index (χ0v) is 10.9. The molecule has 1 rings (SSSR count). The second-order valence-corrected chi connectivity index (χ2v) is 4.63. The summed E-state index contributed by atoms with van der Waals surface area (Å²) in [7, 11) is 0. The Balaban J connectivity index is 3.05. The molecular formula is C11H11ClFNO2S. The smallest absolute Gasteiger partial charge is 0.221 e. The average Bonchev–Trinajstić information content (AvgIpc) is 2.24. The van der Waals surface area contributed by atoms with Gasteiger partial charge in [-0.15, -0.1) is 0 Å². The Morgan fingerprint density at radius 1 is 1.47 bits per heavy atom. The van der Waals surface area contributed by atoms with Gasteiger partial charge in [-0.2, -0.15) is 0 Å². The van der Waals surface area contributed by atoms with Crippen LogP contribution in [-0.2, 0) is 16.0 Å². The van der Waals surface area contributed by atoms with E-state index in [9.17, 15) is 14.0 Å². The first-order valence-corrected chi connectivity index (χ1v) is 6.36. The third kappa shape index (κ3) is 4.02. The summed E-state index contributed by atoms with van der Waals surface area (Å²) in [5.74, 6) is -1.00. The molecule has 0 aliphatic heterocycles. The van der Waals surface area contributed by atoms with E-state index in [2.05, 4.69) is 5.32 Å². The predicted molar refractivity (Wildman–Crippen MR) is 67.9 cm³/mol. The topological polar surface area (TPSA) is 46.2 Å². The van der Waals surface area contributed by atoms with E-state index in [0.717, 1.165) is 17.8 Å². The Bertz CT molecular complexity index is 465. The van der Waals surface area contributed by atoms with Gasteiger partial charge in [0.25, 0.3) is 0 Å². The Morgan fingerprint density at radius 2 is 2.12 bits per heavy atom. The number of anilines is 1. The highest BCUT2D eigenvalue weighted by Crippen LogP contribution is 2.25. The molecule has 0 spiro atoms. The van der Waals surface area contributed by atoms with E-state index in [4.69, 9.17) is 11.6 Å². The molecular weight excluding hydrogens is 265 g/mol. The van der Waals surface area contributed by atoms with Crippen molar-refractivity contribution in [3.63, 3.8) is 0 Å². The van der Waals surface area contributed by atoms with Gasteiger partial charge >= 0.3 is 0 Å². The lowest BCUT2D eigenvalue weighted by Crippen LogP contribution is -2.09. The fourth-order valence-electron chi connectivity index (χ4n) is 1.24. The minimum atomic E-state index is -0.620. The molecule has 1 aromatic rings. The third-order valence-electron chi connectivity index (χ3n) is 2.01. The van der Waals surface area contributed by atoms with Crippen LogP contribution in [0.3, 0.4) is 0 Å². The largest absolute Gasteiger partial charge is 0.324 e. The fraction of sp³-hybridized carbons (Fsp3) is 0.273. The fourth-order valence-corrected chi connectivity index (χ4v) is 1.76. The maximum absolute atomic E-state index is 13.4. The number of rotatable bonds is 3.